The number of aromatic nitrogens is 2. The lowest BCUT2D eigenvalue weighted by Gasteiger charge is -2.25. The number of nitrogen functional groups attached to an aromatic ring is 1. The molecule has 0 aliphatic heterocycles. The Labute approximate surface area is 300 Å². The molecule has 0 fully saturated rings. The zero-order valence-corrected chi connectivity index (χ0v) is 30.4. The van der Waals surface area contributed by atoms with Crippen molar-refractivity contribution in [2.24, 2.45) is 5.73 Å². The number of benzene rings is 2. The van der Waals surface area contributed by atoms with Crippen molar-refractivity contribution in [1.29, 1.82) is 0 Å². The molecule has 3 aromatic rings. The van der Waals surface area contributed by atoms with E-state index in [0.717, 1.165) is 34.1 Å². The Balaban J connectivity index is 0.000000394. The fourth-order valence-corrected chi connectivity index (χ4v) is 5.56. The maximum atomic E-state index is 12.6. The van der Waals surface area contributed by atoms with Crippen molar-refractivity contribution in [2.75, 3.05) is 42.7 Å². The van der Waals surface area contributed by atoms with Gasteiger partial charge in [0, 0.05) is 19.4 Å². The van der Waals surface area contributed by atoms with Gasteiger partial charge in [-0.3, -0.25) is 29.2 Å². The van der Waals surface area contributed by atoms with Crippen molar-refractivity contribution in [3.63, 3.8) is 0 Å². The molecule has 0 radical (unpaired) electrons. The number of alkyl halides is 4. The zero-order valence-electron chi connectivity index (χ0n) is 27.3. The Morgan fingerprint density at radius 2 is 1.80 bits per heavy atom. The number of hydrogen-bond donors (Lipinski definition) is 4. The summed E-state index contributed by atoms with van der Waals surface area (Å²) < 4.78 is 54.7. The van der Waals surface area contributed by atoms with Crippen molar-refractivity contribution in [3.05, 3.63) is 73.4 Å². The van der Waals surface area contributed by atoms with Gasteiger partial charge in [-0.15, -0.1) is 11.6 Å². The number of carboxylic acids is 1. The molecule has 1 amide bonds. The van der Waals surface area contributed by atoms with Gasteiger partial charge in [0.1, 0.15) is 30.5 Å². The van der Waals surface area contributed by atoms with Gasteiger partial charge < -0.3 is 26.2 Å². The van der Waals surface area contributed by atoms with E-state index in [-0.39, 0.29) is 46.8 Å². The molecule has 6 N–H and O–H groups in total. The largest absolute Gasteiger partial charge is 0.480 e. The van der Waals surface area contributed by atoms with Crippen LogP contribution in [-0.4, -0.2) is 74.7 Å². The Hall–Kier alpha value is -3.44. The number of ether oxygens (including phenoxy) is 1. The predicted octanol–water partition coefficient (Wildman–Crippen LogP) is 6.50. The minimum Gasteiger partial charge on any atom is -0.480 e. The highest BCUT2D eigenvalue weighted by Crippen LogP contribution is 2.39. The van der Waals surface area contributed by atoms with Crippen LogP contribution < -0.4 is 16.4 Å². The second-order valence-electron chi connectivity index (χ2n) is 10.4. The van der Waals surface area contributed by atoms with E-state index in [4.69, 9.17) is 61.0 Å². The molecule has 2 atom stereocenters. The van der Waals surface area contributed by atoms with E-state index in [2.05, 4.69) is 12.0 Å². The van der Waals surface area contributed by atoms with E-state index in [1.54, 1.807) is 4.90 Å². The molecule has 0 saturated carbocycles. The van der Waals surface area contributed by atoms with Crippen LogP contribution in [0.1, 0.15) is 37.0 Å². The quantitative estimate of drug-likeness (QED) is 0.0510. The minimum absolute atomic E-state index is 0.0371. The average Bonchev–Trinajstić information content (AvgIpc) is 3.40. The molecule has 21 heteroatoms. The summed E-state index contributed by atoms with van der Waals surface area (Å²) in [5.41, 5.74) is 12.0. The van der Waals surface area contributed by atoms with Crippen LogP contribution in [0.5, 0.6) is 0 Å². The van der Waals surface area contributed by atoms with E-state index in [1.807, 2.05) is 32.0 Å². The summed E-state index contributed by atoms with van der Waals surface area (Å²) >= 11 is 17.2. The number of hydrogen-bond acceptors (Lipinski definition) is 9. The molecule has 2 unspecified atom stereocenters. The molecular formula is C29H37Cl3F3N6O8P. The zero-order chi connectivity index (χ0) is 38.6. The van der Waals surface area contributed by atoms with Crippen molar-refractivity contribution in [2.45, 2.75) is 45.8 Å². The second kappa shape index (κ2) is 19.8. The number of anilines is 2. The first-order valence-corrected chi connectivity index (χ1v) is 18.0. The SMILES string of the molecule is CCOCN(C(=O)CCl)c1c(C)cccc1CC.CP(=O)(O)CCC(N)C(=O)O.Nc1c([N+](=O)[O-])cnn1-c1c(Cl)cc(C(F)(F)F)cc1Cl. The average molecular weight is 792 g/mol. The number of carbonyl (C=O) groups excluding carboxylic acids is 1. The molecule has 2 aromatic carbocycles. The maximum Gasteiger partial charge on any atom is 0.416 e. The molecule has 0 spiro atoms. The Morgan fingerprint density at radius 1 is 1.22 bits per heavy atom. The highest BCUT2D eigenvalue weighted by molar-refractivity contribution is 7.57. The third-order valence-electron chi connectivity index (χ3n) is 6.52. The summed E-state index contributed by atoms with van der Waals surface area (Å²) in [5.74, 6) is -1.71. The number of aryl methyl sites for hydroxylation is 2. The topological polar surface area (TPSA) is 217 Å². The minimum atomic E-state index is -4.63. The van der Waals surface area contributed by atoms with Gasteiger partial charge in [0.15, 0.2) is 7.37 Å². The highest BCUT2D eigenvalue weighted by atomic mass is 35.5. The number of carboxylic acid groups (broad SMARTS) is 1. The van der Waals surface area contributed by atoms with E-state index < -0.39 is 47.5 Å². The molecule has 0 bridgehead atoms. The lowest BCUT2D eigenvalue weighted by Crippen LogP contribution is -2.35. The monoisotopic (exact) mass is 790 g/mol. The Kier molecular flexibility index (Phi) is 17.7. The lowest BCUT2D eigenvalue weighted by molar-refractivity contribution is -0.383. The van der Waals surface area contributed by atoms with Crippen LogP contribution in [0.4, 0.5) is 30.4 Å². The summed E-state index contributed by atoms with van der Waals surface area (Å²) in [6, 6.07) is 6.26. The summed E-state index contributed by atoms with van der Waals surface area (Å²) in [6.45, 7) is 7.97. The maximum absolute atomic E-state index is 12.6. The van der Waals surface area contributed by atoms with Crippen molar-refractivity contribution < 1.29 is 47.0 Å². The molecule has 3 rings (SSSR count). The molecule has 0 aliphatic rings. The summed E-state index contributed by atoms with van der Waals surface area (Å²) in [4.78, 5) is 42.3. The van der Waals surface area contributed by atoms with Crippen LogP contribution in [0.2, 0.25) is 10.0 Å². The molecule has 50 heavy (non-hydrogen) atoms. The van der Waals surface area contributed by atoms with Gasteiger partial charge in [-0.25, -0.2) is 4.68 Å². The molecule has 1 aromatic heterocycles. The summed E-state index contributed by atoms with van der Waals surface area (Å²) in [7, 11) is -3.10. The van der Waals surface area contributed by atoms with E-state index in [0.29, 0.717) is 18.7 Å². The first-order valence-electron chi connectivity index (χ1n) is 14.5. The molecule has 14 nitrogen and oxygen atoms in total. The van der Waals surface area contributed by atoms with Crippen molar-refractivity contribution in [1.82, 2.24) is 9.78 Å². The number of nitrogens with zero attached hydrogens (tertiary/aromatic N) is 4. The van der Waals surface area contributed by atoms with Crippen molar-refractivity contribution in [3.8, 4) is 5.69 Å². The molecule has 1 heterocycles. The standard InChI is InChI=1S/C14H20ClNO2.C10H5Cl2F3N4O2.C5H12NO4P/c1-4-12-8-6-7-11(3)14(12)16(10-18-5-2)13(17)9-15;11-5-1-4(10(13,14)15)2-6(12)8(5)18-9(16)7(3-17-18)19(20)21;1-11(9,10)3-2-4(6)5(7)8/h6-8H,4-5,9-10H2,1-3H3;1-3H,16H2;4H,2-3,6H2,1H3,(H,7,8)(H,9,10). The van der Waals surface area contributed by atoms with Gasteiger partial charge in [0.2, 0.25) is 11.7 Å². The van der Waals surface area contributed by atoms with Gasteiger partial charge >= 0.3 is 17.8 Å². The number of nitro groups is 1. The van der Waals surface area contributed by atoms with Crippen LogP contribution in [0, 0.1) is 17.0 Å². The molecule has 0 saturated heterocycles. The number of para-hydroxylation sites is 1. The number of amides is 1. The summed E-state index contributed by atoms with van der Waals surface area (Å²) in [5, 5.41) is 21.8. The molecular weight excluding hydrogens is 755 g/mol. The predicted molar refractivity (Wildman–Crippen MR) is 186 cm³/mol. The van der Waals surface area contributed by atoms with Gasteiger partial charge in [0.25, 0.3) is 0 Å². The third kappa shape index (κ3) is 13.4. The van der Waals surface area contributed by atoms with Gasteiger partial charge in [-0.05, 0) is 49.9 Å². The highest BCUT2D eigenvalue weighted by Gasteiger charge is 2.33. The molecule has 0 aliphatic carbocycles. The Bertz CT molecular complexity index is 1670. The Morgan fingerprint density at radius 3 is 2.22 bits per heavy atom. The normalized spacial score (nSPS) is 12.8. The van der Waals surface area contributed by atoms with E-state index in [1.165, 1.54) is 6.66 Å². The van der Waals surface area contributed by atoms with Gasteiger partial charge in [-0.1, -0.05) is 48.3 Å². The van der Waals surface area contributed by atoms with Gasteiger partial charge in [-0.2, -0.15) is 18.3 Å². The number of nitrogens with two attached hydrogens (primary N) is 2. The number of rotatable bonds is 12. The van der Waals surface area contributed by atoms with Crippen LogP contribution in [0.15, 0.2) is 36.5 Å². The molecule has 278 valence electrons. The number of aliphatic carboxylic acids is 1. The summed E-state index contributed by atoms with van der Waals surface area (Å²) in [6.07, 6.45) is -2.91. The van der Waals surface area contributed by atoms with Crippen LogP contribution in [0.25, 0.3) is 5.69 Å². The third-order valence-corrected chi connectivity index (χ3v) is 8.42. The number of carbonyl (C=O) groups is 2. The first-order chi connectivity index (χ1) is 23.1. The van der Waals surface area contributed by atoms with Gasteiger partial charge in [0.05, 0.1) is 26.2 Å². The van der Waals surface area contributed by atoms with Crippen LogP contribution in [0.3, 0.4) is 0 Å². The lowest BCUT2D eigenvalue weighted by atomic mass is 10.0. The van der Waals surface area contributed by atoms with E-state index in [9.17, 15) is 37.4 Å². The van der Waals surface area contributed by atoms with Crippen LogP contribution in [-0.2, 0) is 31.5 Å². The van der Waals surface area contributed by atoms with E-state index >= 15 is 0 Å². The first kappa shape index (κ1) is 44.6. The number of halogens is 6. The van der Waals surface area contributed by atoms with Crippen molar-refractivity contribution >= 4 is 71.2 Å². The van der Waals surface area contributed by atoms with Crippen LogP contribution >= 0.6 is 42.2 Å². The fraction of sp³-hybridized carbons (Fsp3) is 0.414. The second-order valence-corrected chi connectivity index (χ2v) is 14.0. The smallest absolute Gasteiger partial charge is 0.416 e. The fourth-order valence-electron chi connectivity index (χ4n) is 4.01.